The van der Waals surface area contributed by atoms with Crippen molar-refractivity contribution in [3.05, 3.63) is 5.21 Å². The lowest BCUT2D eigenvalue weighted by Gasteiger charge is -2.16. The van der Waals surface area contributed by atoms with Gasteiger partial charge in [-0.2, -0.15) is 0 Å². The van der Waals surface area contributed by atoms with Gasteiger partial charge in [0.2, 0.25) is 5.28 Å². The molecule has 0 saturated carbocycles. The van der Waals surface area contributed by atoms with Crippen molar-refractivity contribution in [1.29, 1.82) is 0 Å². The maximum absolute atomic E-state index is 10.9. The van der Waals surface area contributed by atoms with E-state index in [1.54, 1.807) is 0 Å². The Kier molecular flexibility index (Phi) is 6.99. The van der Waals surface area contributed by atoms with Crippen molar-refractivity contribution in [1.82, 2.24) is 5.01 Å². The van der Waals surface area contributed by atoms with E-state index in [2.05, 4.69) is 5.28 Å². The molecular formula is C7H18N4O2. The van der Waals surface area contributed by atoms with Gasteiger partial charge in [0, 0.05) is 0 Å². The fourth-order valence-corrected chi connectivity index (χ4v) is 1.04. The van der Waals surface area contributed by atoms with Crippen molar-refractivity contribution in [3.8, 4) is 0 Å². The number of rotatable bonds is 7. The summed E-state index contributed by atoms with van der Waals surface area (Å²) in [6.45, 7) is 3.76. The molecule has 0 aromatic heterocycles. The molecule has 6 heteroatoms. The molecule has 3 N–H and O–H groups in total. The molecule has 0 heterocycles. The lowest BCUT2D eigenvalue weighted by atomic mass is 10.3. The second kappa shape index (κ2) is 7.60. The Morgan fingerprint density at radius 3 is 2.62 bits per heavy atom. The number of hydrogen-bond acceptors (Lipinski definition) is 3. The van der Waals surface area contributed by atoms with E-state index in [0.29, 0.717) is 19.6 Å². The molecular weight excluding hydrogens is 172 g/mol. The molecule has 0 aromatic carbocycles. The Labute approximate surface area is 78.2 Å². The van der Waals surface area contributed by atoms with Crippen LogP contribution in [0.3, 0.4) is 0 Å². The maximum Gasteiger partial charge on any atom is 0.230 e. The van der Waals surface area contributed by atoms with E-state index in [4.69, 9.17) is 10.9 Å². The van der Waals surface area contributed by atoms with E-state index in [-0.39, 0.29) is 4.97 Å². The zero-order valence-corrected chi connectivity index (χ0v) is 8.02. The monoisotopic (exact) mass is 190 g/mol. The second-order valence-corrected chi connectivity index (χ2v) is 2.79. The Balaban J connectivity index is 3.80. The normalized spacial score (nSPS) is 11.7. The molecule has 0 rings (SSSR count). The first-order valence-corrected chi connectivity index (χ1v) is 4.53. The fourth-order valence-electron chi connectivity index (χ4n) is 1.04. The zero-order valence-electron chi connectivity index (χ0n) is 8.02. The Morgan fingerprint density at radius 1 is 1.46 bits per heavy atom. The van der Waals surface area contributed by atoms with Gasteiger partial charge < -0.3 is 16.1 Å². The van der Waals surface area contributed by atoms with Crippen LogP contribution in [-0.2, 0) is 0 Å². The number of hydrogen-bond donors (Lipinski definition) is 2. The molecule has 0 aliphatic rings. The molecule has 0 bridgehead atoms. The van der Waals surface area contributed by atoms with Crippen LogP contribution in [0.4, 0.5) is 0 Å². The summed E-state index contributed by atoms with van der Waals surface area (Å²) in [7, 11) is 0. The summed E-state index contributed by atoms with van der Waals surface area (Å²) in [6.07, 6.45) is 2.56. The van der Waals surface area contributed by atoms with E-state index in [1.165, 1.54) is 5.01 Å². The highest BCUT2D eigenvalue weighted by Crippen LogP contribution is 1.97. The van der Waals surface area contributed by atoms with Crippen LogP contribution in [-0.4, -0.2) is 34.8 Å². The summed E-state index contributed by atoms with van der Waals surface area (Å²) in [5, 5.41) is 23.1. The molecule has 0 atom stereocenters. The molecule has 0 fully saturated rings. The molecule has 0 aromatic rings. The van der Waals surface area contributed by atoms with E-state index in [9.17, 15) is 5.21 Å². The standard InChI is InChI=1S/C7H18N4O2/c1-2-6-10(11(13)9-12)7-4-3-5-8/h12H,2-8H2,1H3/b11-9+. The molecule has 0 saturated heterocycles. The van der Waals surface area contributed by atoms with Crippen LogP contribution in [0.2, 0.25) is 0 Å². The van der Waals surface area contributed by atoms with Crippen LogP contribution < -0.4 is 5.73 Å². The van der Waals surface area contributed by atoms with Crippen LogP contribution in [0.15, 0.2) is 5.28 Å². The van der Waals surface area contributed by atoms with Crippen LogP contribution in [0.5, 0.6) is 0 Å². The van der Waals surface area contributed by atoms with Crippen molar-refractivity contribution in [2.45, 2.75) is 26.2 Å². The van der Waals surface area contributed by atoms with E-state index in [0.717, 1.165) is 19.3 Å². The predicted octanol–water partition coefficient (Wildman–Crippen LogP) is 0.704. The molecule has 0 aliphatic heterocycles. The summed E-state index contributed by atoms with van der Waals surface area (Å²) in [6, 6.07) is 0. The molecule has 0 aliphatic carbocycles. The van der Waals surface area contributed by atoms with Crippen molar-refractivity contribution in [2.24, 2.45) is 11.0 Å². The lowest BCUT2D eigenvalue weighted by molar-refractivity contribution is -0.709. The number of unbranched alkanes of at least 4 members (excludes halogenated alkanes) is 1. The van der Waals surface area contributed by atoms with Gasteiger partial charge in [-0.05, 0) is 25.8 Å². The van der Waals surface area contributed by atoms with Crippen molar-refractivity contribution in [2.75, 3.05) is 19.6 Å². The SMILES string of the molecule is CCCN(CCCCN)/[N+]([O-])=N\O. The molecule has 0 radical (unpaired) electrons. The average Bonchev–Trinajstić information content (AvgIpc) is 2.16. The average molecular weight is 190 g/mol. The summed E-state index contributed by atoms with van der Waals surface area (Å²) in [5.74, 6) is 0. The van der Waals surface area contributed by atoms with Crippen LogP contribution >= 0.6 is 0 Å². The van der Waals surface area contributed by atoms with Gasteiger partial charge in [-0.1, -0.05) is 6.92 Å². The minimum absolute atomic E-state index is 0.222. The quantitative estimate of drug-likeness (QED) is 0.268. The van der Waals surface area contributed by atoms with Crippen LogP contribution in [0, 0.1) is 5.21 Å². The van der Waals surface area contributed by atoms with Gasteiger partial charge >= 0.3 is 0 Å². The Bertz CT molecular complexity index is 151. The molecule has 0 amide bonds. The van der Waals surface area contributed by atoms with Crippen molar-refractivity contribution >= 4 is 0 Å². The zero-order chi connectivity index (χ0) is 10.1. The smallest absolute Gasteiger partial charge is 0.230 e. The highest BCUT2D eigenvalue weighted by atomic mass is 16.6. The highest BCUT2D eigenvalue weighted by Gasteiger charge is 2.10. The Morgan fingerprint density at radius 2 is 2.15 bits per heavy atom. The summed E-state index contributed by atoms with van der Waals surface area (Å²) in [5.41, 5.74) is 5.31. The van der Waals surface area contributed by atoms with E-state index < -0.39 is 0 Å². The van der Waals surface area contributed by atoms with Gasteiger partial charge in [-0.3, -0.25) is 0 Å². The highest BCUT2D eigenvalue weighted by molar-refractivity contribution is 4.46. The molecule has 6 nitrogen and oxygen atoms in total. The fraction of sp³-hybridized carbons (Fsp3) is 1.00. The van der Waals surface area contributed by atoms with Gasteiger partial charge in [0.25, 0.3) is 0 Å². The first-order valence-electron chi connectivity index (χ1n) is 4.53. The largest absolute Gasteiger partial charge is 0.569 e. The number of nitrogens with two attached hydrogens (primary N) is 1. The summed E-state index contributed by atoms with van der Waals surface area (Å²) < 4.78 is 0. The van der Waals surface area contributed by atoms with Crippen molar-refractivity contribution in [3.63, 3.8) is 0 Å². The molecule has 0 unspecified atom stereocenters. The maximum atomic E-state index is 10.9. The summed E-state index contributed by atoms with van der Waals surface area (Å²) in [4.78, 5) is 0.222. The lowest BCUT2D eigenvalue weighted by Crippen LogP contribution is -2.32. The number of hydrazine groups is 1. The van der Waals surface area contributed by atoms with Gasteiger partial charge in [0.15, 0.2) is 0 Å². The molecule has 78 valence electrons. The van der Waals surface area contributed by atoms with Gasteiger partial charge in [0.05, 0.1) is 18.1 Å². The first-order chi connectivity index (χ1) is 6.26. The van der Waals surface area contributed by atoms with Gasteiger partial charge in [-0.15, -0.1) is 5.01 Å². The third kappa shape index (κ3) is 5.24. The third-order valence-corrected chi connectivity index (χ3v) is 1.67. The molecule has 0 spiro atoms. The van der Waals surface area contributed by atoms with Gasteiger partial charge in [-0.25, -0.2) is 0 Å². The minimum Gasteiger partial charge on any atom is -0.569 e. The Hall–Kier alpha value is -1.04. The predicted molar refractivity (Wildman–Crippen MR) is 48.0 cm³/mol. The molecule has 13 heavy (non-hydrogen) atoms. The van der Waals surface area contributed by atoms with Crippen molar-refractivity contribution < 1.29 is 10.2 Å². The van der Waals surface area contributed by atoms with Crippen LogP contribution in [0.25, 0.3) is 0 Å². The summed E-state index contributed by atoms with van der Waals surface area (Å²) >= 11 is 0. The van der Waals surface area contributed by atoms with E-state index in [1.807, 2.05) is 6.92 Å². The minimum atomic E-state index is 0.222. The topological polar surface area (TPSA) is 87.9 Å². The number of nitrogens with zero attached hydrogens (tertiary/aromatic N) is 3. The van der Waals surface area contributed by atoms with Gasteiger partial charge in [0.1, 0.15) is 0 Å². The second-order valence-electron chi connectivity index (χ2n) is 2.79. The van der Waals surface area contributed by atoms with E-state index >= 15 is 0 Å². The third-order valence-electron chi connectivity index (χ3n) is 1.67. The first kappa shape index (κ1) is 12.0. The van der Waals surface area contributed by atoms with Crippen LogP contribution in [0.1, 0.15) is 26.2 Å².